The number of hydrogen-bond donors (Lipinski definition) is 0. The molecule has 1 aromatic heterocycles. The molecule has 0 radical (unpaired) electrons. The molecule has 61 heavy (non-hydrogen) atoms. The van der Waals surface area contributed by atoms with Crippen molar-refractivity contribution in [3.8, 4) is 11.5 Å². The molecule has 2 saturated heterocycles. The lowest BCUT2D eigenvalue weighted by Crippen LogP contribution is -2.57. The molecule has 2 bridgehead atoms. The lowest BCUT2D eigenvalue weighted by atomic mass is 9.84. The van der Waals surface area contributed by atoms with Gasteiger partial charge in [-0.2, -0.15) is 13.2 Å². The summed E-state index contributed by atoms with van der Waals surface area (Å²) >= 11 is 0. The Hall–Kier alpha value is -5.16. The van der Waals surface area contributed by atoms with Gasteiger partial charge in [-0.05, 0) is 87.6 Å². The van der Waals surface area contributed by atoms with E-state index in [1.165, 1.54) is 27.2 Å². The smallest absolute Gasteiger partial charge is 0.417 e. The van der Waals surface area contributed by atoms with Gasteiger partial charge in [-0.1, -0.05) is 31.2 Å². The lowest BCUT2D eigenvalue weighted by Gasteiger charge is -2.43. The minimum absolute atomic E-state index is 0.0766. The van der Waals surface area contributed by atoms with Gasteiger partial charge in [0.1, 0.15) is 22.9 Å². The highest BCUT2D eigenvalue weighted by atomic mass is 32.2. The maximum Gasteiger partial charge on any atom is 0.417 e. The second-order valence-electron chi connectivity index (χ2n) is 17.0. The predicted octanol–water partition coefficient (Wildman–Crippen LogP) is 8.53. The van der Waals surface area contributed by atoms with Gasteiger partial charge in [0.05, 0.1) is 56.0 Å². The molecular formula is C44H51F4N5O7S. The van der Waals surface area contributed by atoms with Crippen molar-refractivity contribution in [1.29, 1.82) is 0 Å². The minimum Gasteiger partial charge on any atom is -0.497 e. The zero-order valence-corrected chi connectivity index (χ0v) is 36.3. The number of methoxy groups -OCH3 is 2. The van der Waals surface area contributed by atoms with E-state index in [-0.39, 0.29) is 54.5 Å². The van der Waals surface area contributed by atoms with Crippen LogP contribution in [-0.4, -0.2) is 80.6 Å². The number of carbonyl (C=O) groups excluding carboxylic acids is 1. The predicted molar refractivity (Wildman–Crippen MR) is 220 cm³/mol. The van der Waals surface area contributed by atoms with Gasteiger partial charge in [0.2, 0.25) is 15.0 Å². The number of carbonyl (C=O) groups is 1. The fraction of sp³-hybridized carbons (Fsp3) is 0.477. The summed E-state index contributed by atoms with van der Waals surface area (Å²) in [5.41, 5.74) is -0.820. The minimum atomic E-state index is -4.99. The third-order valence-electron chi connectivity index (χ3n) is 11.5. The average molecular weight is 870 g/mol. The summed E-state index contributed by atoms with van der Waals surface area (Å²) < 4.78 is 112. The largest absolute Gasteiger partial charge is 0.497 e. The number of benzene rings is 3. The normalized spacial score (nSPS) is 20.3. The monoisotopic (exact) mass is 869 g/mol. The fourth-order valence-corrected chi connectivity index (χ4v) is 9.21. The molecule has 0 saturated carbocycles. The Morgan fingerprint density at radius 1 is 0.918 bits per heavy atom. The van der Waals surface area contributed by atoms with Gasteiger partial charge in [-0.3, -0.25) is 4.90 Å². The van der Waals surface area contributed by atoms with Crippen LogP contribution in [0.1, 0.15) is 91.6 Å². The van der Waals surface area contributed by atoms with Crippen LogP contribution in [0.15, 0.2) is 59.8 Å². The van der Waals surface area contributed by atoms with Crippen molar-refractivity contribution >= 4 is 27.4 Å². The summed E-state index contributed by atoms with van der Waals surface area (Å²) in [6, 6.07) is 14.9. The SMILES string of the molecule is COc1ccc(CN(Cc2ccc(OC)cc2)c2cc(C)c(C(F)(F)F)c(C3OCc4c(nc(S(C)(=O)=O)nc4N4CC5CCC(C4)N5C(=O)OC(C)(C)C)C3C)c2F)cc1. The number of aryl methyl sites for hydroxylation is 1. The van der Waals surface area contributed by atoms with Crippen LogP contribution >= 0.6 is 0 Å². The van der Waals surface area contributed by atoms with Crippen LogP contribution in [0, 0.1) is 12.7 Å². The summed E-state index contributed by atoms with van der Waals surface area (Å²) in [5, 5.41) is -0.512. The van der Waals surface area contributed by atoms with E-state index in [2.05, 4.69) is 9.97 Å². The van der Waals surface area contributed by atoms with E-state index >= 15 is 17.6 Å². The lowest BCUT2D eigenvalue weighted by molar-refractivity contribution is -0.141. The fourth-order valence-electron chi connectivity index (χ4n) is 8.70. The molecule has 328 valence electrons. The molecule has 4 heterocycles. The van der Waals surface area contributed by atoms with Crippen molar-refractivity contribution in [2.24, 2.45) is 0 Å². The quantitative estimate of drug-likeness (QED) is 0.113. The molecule has 2 fully saturated rings. The molecule has 4 atom stereocenters. The van der Waals surface area contributed by atoms with Gasteiger partial charge >= 0.3 is 12.3 Å². The molecule has 0 aliphatic carbocycles. The van der Waals surface area contributed by atoms with E-state index in [4.69, 9.17) is 18.9 Å². The summed E-state index contributed by atoms with van der Waals surface area (Å²) in [4.78, 5) is 27.5. The molecule has 17 heteroatoms. The van der Waals surface area contributed by atoms with Gasteiger partial charge in [-0.15, -0.1) is 0 Å². The van der Waals surface area contributed by atoms with Gasteiger partial charge in [-0.25, -0.2) is 27.6 Å². The number of aromatic nitrogens is 2. The highest BCUT2D eigenvalue weighted by Crippen LogP contribution is 2.50. The molecule has 3 aromatic carbocycles. The summed E-state index contributed by atoms with van der Waals surface area (Å²) in [5.74, 6) is -0.715. The van der Waals surface area contributed by atoms with E-state index in [0.29, 0.717) is 43.0 Å². The number of alkyl halides is 3. The van der Waals surface area contributed by atoms with Gasteiger partial charge in [0.25, 0.3) is 0 Å². The van der Waals surface area contributed by atoms with Crippen LogP contribution < -0.4 is 19.3 Å². The molecule has 3 aliphatic rings. The highest BCUT2D eigenvalue weighted by molar-refractivity contribution is 7.90. The maximum absolute atomic E-state index is 17.6. The Balaban J connectivity index is 1.31. The Kier molecular flexibility index (Phi) is 12.0. The summed E-state index contributed by atoms with van der Waals surface area (Å²) in [6.07, 6.45) is -4.62. The van der Waals surface area contributed by atoms with Crippen molar-refractivity contribution in [3.05, 3.63) is 99.5 Å². The average Bonchev–Trinajstić information content (AvgIpc) is 3.46. The van der Waals surface area contributed by atoms with Crippen LogP contribution in [0.4, 0.5) is 33.9 Å². The molecule has 1 amide bonds. The topological polar surface area (TPSA) is 124 Å². The maximum atomic E-state index is 17.6. The molecule has 4 unspecified atom stereocenters. The Bertz CT molecular complexity index is 2330. The first-order chi connectivity index (χ1) is 28.7. The molecule has 3 aliphatic heterocycles. The Morgan fingerprint density at radius 2 is 1.46 bits per heavy atom. The molecule has 4 aromatic rings. The first kappa shape index (κ1) is 43.9. The number of piperazine rings is 1. The Morgan fingerprint density at radius 3 is 1.93 bits per heavy atom. The number of amides is 1. The highest BCUT2D eigenvalue weighted by Gasteiger charge is 2.48. The van der Waals surface area contributed by atoms with Crippen molar-refractivity contribution in [2.45, 2.75) is 108 Å². The zero-order valence-electron chi connectivity index (χ0n) is 35.5. The van der Waals surface area contributed by atoms with Crippen molar-refractivity contribution in [2.75, 3.05) is 43.4 Å². The first-order valence-electron chi connectivity index (χ1n) is 20.1. The van der Waals surface area contributed by atoms with E-state index in [1.807, 2.05) is 4.90 Å². The summed E-state index contributed by atoms with van der Waals surface area (Å²) in [7, 11) is -0.973. The van der Waals surface area contributed by atoms with E-state index < -0.39 is 61.8 Å². The van der Waals surface area contributed by atoms with E-state index in [0.717, 1.165) is 17.4 Å². The van der Waals surface area contributed by atoms with Crippen molar-refractivity contribution in [1.82, 2.24) is 14.9 Å². The molecule has 0 spiro atoms. The Labute approximate surface area is 353 Å². The van der Waals surface area contributed by atoms with Gasteiger partial charge < -0.3 is 28.7 Å². The number of hydrogen-bond acceptors (Lipinski definition) is 11. The van der Waals surface area contributed by atoms with Gasteiger partial charge in [0, 0.05) is 49.5 Å². The molecule has 7 rings (SSSR count). The molecular weight excluding hydrogens is 819 g/mol. The van der Waals surface area contributed by atoms with Crippen LogP contribution in [0.2, 0.25) is 0 Å². The van der Waals surface area contributed by atoms with Crippen LogP contribution in [0.25, 0.3) is 0 Å². The molecule has 12 nitrogen and oxygen atoms in total. The number of nitrogens with zero attached hydrogens (tertiary/aromatic N) is 5. The number of ether oxygens (including phenoxy) is 4. The second kappa shape index (κ2) is 16.6. The molecule has 0 N–H and O–H groups in total. The van der Waals surface area contributed by atoms with Crippen LogP contribution in [0.5, 0.6) is 11.5 Å². The van der Waals surface area contributed by atoms with E-state index in [1.54, 1.807) is 86.0 Å². The first-order valence-corrected chi connectivity index (χ1v) is 22.0. The third kappa shape index (κ3) is 9.08. The van der Waals surface area contributed by atoms with E-state index in [9.17, 15) is 13.2 Å². The van der Waals surface area contributed by atoms with Gasteiger partial charge in [0.15, 0.2) is 5.82 Å². The second-order valence-corrected chi connectivity index (χ2v) is 18.9. The number of anilines is 2. The van der Waals surface area contributed by atoms with Crippen LogP contribution in [-0.2, 0) is 45.2 Å². The van der Waals surface area contributed by atoms with Crippen LogP contribution in [0.3, 0.4) is 0 Å². The summed E-state index contributed by atoms with van der Waals surface area (Å²) in [6.45, 7) is 8.74. The standard InChI is InChI=1S/C44H51F4N5O7S/c1-25-19-34(51(20-27-9-15-31(57-6)16-10-27)21-28-11-17-32(58-7)18-12-28)37(45)35(36(25)44(46,47)48)39-26(2)38-33(24-59-39)40(50-41(49-38)61(8,55)56)52-22-29-13-14-30(23-52)53(29)42(54)60-43(3,4)5/h9-12,15-19,26,29-30,39H,13-14,20-24H2,1-8H3. The zero-order chi connectivity index (χ0) is 44.2. The van der Waals surface area contributed by atoms with Crippen molar-refractivity contribution < 1.29 is 49.7 Å². The number of sulfone groups is 1. The number of fused-ring (bicyclic) bond motifs is 3. The van der Waals surface area contributed by atoms with Crippen molar-refractivity contribution in [3.63, 3.8) is 0 Å². The third-order valence-corrected chi connectivity index (χ3v) is 12.3. The number of halogens is 4. The number of rotatable bonds is 10.